The van der Waals surface area contributed by atoms with Gasteiger partial charge >= 0.3 is 0 Å². The fourth-order valence-corrected chi connectivity index (χ4v) is 1.99. The van der Waals surface area contributed by atoms with Crippen molar-refractivity contribution in [1.29, 1.82) is 0 Å². The molecule has 78 valence electrons. The van der Waals surface area contributed by atoms with Crippen LogP contribution in [0.2, 0.25) is 10.0 Å². The summed E-state index contributed by atoms with van der Waals surface area (Å²) in [6.07, 6.45) is 0. The van der Waals surface area contributed by atoms with E-state index in [0.717, 1.165) is 22.2 Å². The van der Waals surface area contributed by atoms with Gasteiger partial charge in [-0.15, -0.1) is 11.6 Å². The van der Waals surface area contributed by atoms with Gasteiger partial charge in [0.1, 0.15) is 0 Å². The number of alkyl halides is 1. The molecular formula is C11H8Cl3N. The summed E-state index contributed by atoms with van der Waals surface area (Å²) < 4.78 is 0. The zero-order valence-corrected chi connectivity index (χ0v) is 10.3. The van der Waals surface area contributed by atoms with Crippen LogP contribution in [0.25, 0.3) is 10.9 Å². The molecule has 0 aliphatic carbocycles. The molecule has 2 rings (SSSR count). The monoisotopic (exact) mass is 259 g/mol. The molecule has 4 heteroatoms. The van der Waals surface area contributed by atoms with Crippen LogP contribution in [0.1, 0.15) is 11.3 Å². The number of hydrogen-bond acceptors (Lipinski definition) is 1. The minimum absolute atomic E-state index is 0.400. The lowest BCUT2D eigenvalue weighted by atomic mass is 10.1. The second kappa shape index (κ2) is 4.17. The van der Waals surface area contributed by atoms with E-state index in [9.17, 15) is 0 Å². The van der Waals surface area contributed by atoms with Crippen LogP contribution in [-0.4, -0.2) is 4.98 Å². The van der Waals surface area contributed by atoms with Gasteiger partial charge < -0.3 is 0 Å². The fraction of sp³-hybridized carbons (Fsp3) is 0.182. The van der Waals surface area contributed by atoms with Crippen LogP contribution in [0.4, 0.5) is 0 Å². The van der Waals surface area contributed by atoms with Crippen molar-refractivity contribution in [2.75, 3.05) is 0 Å². The van der Waals surface area contributed by atoms with E-state index in [4.69, 9.17) is 34.8 Å². The molecule has 0 N–H and O–H groups in total. The molecule has 2 aromatic rings. The first-order valence-electron chi connectivity index (χ1n) is 4.43. The first-order chi connectivity index (χ1) is 7.11. The third kappa shape index (κ3) is 2.05. The van der Waals surface area contributed by atoms with Gasteiger partial charge in [0.05, 0.1) is 27.1 Å². The average molecular weight is 261 g/mol. The highest BCUT2D eigenvalue weighted by Crippen LogP contribution is 2.29. The van der Waals surface area contributed by atoms with Crippen LogP contribution in [0, 0.1) is 6.92 Å². The van der Waals surface area contributed by atoms with Gasteiger partial charge in [-0.2, -0.15) is 0 Å². The first-order valence-corrected chi connectivity index (χ1v) is 5.72. The van der Waals surface area contributed by atoms with Crippen molar-refractivity contribution < 1.29 is 0 Å². The Labute approximate surface area is 103 Å². The summed E-state index contributed by atoms with van der Waals surface area (Å²) in [5.41, 5.74) is 2.79. The van der Waals surface area contributed by atoms with Crippen molar-refractivity contribution >= 4 is 45.7 Å². The van der Waals surface area contributed by atoms with Crippen LogP contribution >= 0.6 is 34.8 Å². The Balaban J connectivity index is 2.80. The Kier molecular flexibility index (Phi) is 3.06. The van der Waals surface area contributed by atoms with Crippen LogP contribution < -0.4 is 0 Å². The Bertz CT molecular complexity index is 523. The lowest BCUT2D eigenvalue weighted by Crippen LogP contribution is -1.90. The normalized spacial score (nSPS) is 10.9. The van der Waals surface area contributed by atoms with Gasteiger partial charge in [-0.25, -0.2) is 0 Å². The largest absolute Gasteiger partial charge is 0.251 e. The van der Waals surface area contributed by atoms with Gasteiger partial charge in [0, 0.05) is 5.39 Å². The highest BCUT2D eigenvalue weighted by Gasteiger charge is 2.06. The lowest BCUT2D eigenvalue weighted by molar-refractivity contribution is 1.20. The number of aryl methyl sites for hydroxylation is 1. The quantitative estimate of drug-likeness (QED) is 0.684. The molecule has 0 radical (unpaired) electrons. The molecule has 0 amide bonds. The van der Waals surface area contributed by atoms with Gasteiger partial charge in [0.15, 0.2) is 0 Å². The smallest absolute Gasteiger partial charge is 0.0724 e. The number of benzene rings is 1. The van der Waals surface area contributed by atoms with E-state index < -0.39 is 0 Å². The predicted molar refractivity (Wildman–Crippen MR) is 66.1 cm³/mol. The molecule has 0 aliphatic heterocycles. The first kappa shape index (κ1) is 11.0. The lowest BCUT2D eigenvalue weighted by Gasteiger charge is -2.06. The summed E-state index contributed by atoms with van der Waals surface area (Å²) in [6.45, 7) is 2.00. The number of halogens is 3. The molecule has 1 aromatic heterocycles. The highest BCUT2D eigenvalue weighted by atomic mass is 35.5. The summed E-state index contributed by atoms with van der Waals surface area (Å²) in [4.78, 5) is 4.38. The van der Waals surface area contributed by atoms with Crippen LogP contribution in [0.5, 0.6) is 0 Å². The molecule has 0 saturated carbocycles. The van der Waals surface area contributed by atoms with Crippen molar-refractivity contribution in [2.45, 2.75) is 12.8 Å². The maximum absolute atomic E-state index is 5.95. The number of rotatable bonds is 1. The second-order valence-corrected chi connectivity index (χ2v) is 4.43. The molecule has 1 heterocycles. The molecule has 1 nitrogen and oxygen atoms in total. The van der Waals surface area contributed by atoms with Crippen molar-refractivity contribution in [3.05, 3.63) is 39.5 Å². The van der Waals surface area contributed by atoms with E-state index in [-0.39, 0.29) is 0 Å². The Morgan fingerprint density at radius 1 is 1.13 bits per heavy atom. The maximum Gasteiger partial charge on any atom is 0.0724 e. The molecule has 0 bridgehead atoms. The van der Waals surface area contributed by atoms with Crippen molar-refractivity contribution in [1.82, 2.24) is 4.98 Å². The molecule has 0 atom stereocenters. The summed E-state index contributed by atoms with van der Waals surface area (Å²) >= 11 is 17.6. The summed E-state index contributed by atoms with van der Waals surface area (Å²) in [5.74, 6) is 0.400. The third-order valence-electron chi connectivity index (χ3n) is 2.25. The second-order valence-electron chi connectivity index (χ2n) is 3.35. The predicted octanol–water partition coefficient (Wildman–Crippen LogP) is 4.59. The number of nitrogens with zero attached hydrogens (tertiary/aromatic N) is 1. The van der Waals surface area contributed by atoms with Crippen LogP contribution in [0.15, 0.2) is 18.2 Å². The van der Waals surface area contributed by atoms with E-state index in [1.165, 1.54) is 0 Å². The fourth-order valence-electron chi connectivity index (χ4n) is 1.53. The van der Waals surface area contributed by atoms with Crippen LogP contribution in [0.3, 0.4) is 0 Å². The minimum atomic E-state index is 0.400. The van der Waals surface area contributed by atoms with E-state index in [1.807, 2.05) is 19.1 Å². The summed E-state index contributed by atoms with van der Waals surface area (Å²) in [7, 11) is 0. The third-order valence-corrected chi connectivity index (χ3v) is 3.24. The number of hydrogen-bond donors (Lipinski definition) is 0. The van der Waals surface area contributed by atoms with Gasteiger partial charge in [-0.3, -0.25) is 4.98 Å². The topological polar surface area (TPSA) is 12.9 Å². The van der Waals surface area contributed by atoms with E-state index in [2.05, 4.69) is 4.98 Å². The number of pyridine rings is 1. The van der Waals surface area contributed by atoms with Crippen LogP contribution in [-0.2, 0) is 5.88 Å². The van der Waals surface area contributed by atoms with Crippen molar-refractivity contribution in [2.24, 2.45) is 0 Å². The van der Waals surface area contributed by atoms with E-state index >= 15 is 0 Å². The van der Waals surface area contributed by atoms with E-state index in [1.54, 1.807) is 6.07 Å². The number of aromatic nitrogens is 1. The van der Waals surface area contributed by atoms with Gasteiger partial charge in [-0.05, 0) is 30.7 Å². The zero-order valence-electron chi connectivity index (χ0n) is 8.02. The Hall–Kier alpha value is -0.500. The molecule has 0 spiro atoms. The maximum atomic E-state index is 5.95. The van der Waals surface area contributed by atoms with Crippen molar-refractivity contribution in [3.8, 4) is 0 Å². The zero-order chi connectivity index (χ0) is 11.0. The SMILES string of the molecule is Cc1cc(CCl)nc2cc(Cl)c(Cl)cc12. The standard InChI is InChI=1S/C11H8Cl3N/c1-6-2-7(5-12)15-11-4-10(14)9(13)3-8(6)11/h2-4H,5H2,1H3. The molecular weight excluding hydrogens is 252 g/mol. The Morgan fingerprint density at radius 2 is 1.80 bits per heavy atom. The highest BCUT2D eigenvalue weighted by molar-refractivity contribution is 6.42. The summed E-state index contributed by atoms with van der Waals surface area (Å²) in [6, 6.07) is 5.56. The summed E-state index contributed by atoms with van der Waals surface area (Å²) in [5, 5.41) is 2.08. The van der Waals surface area contributed by atoms with E-state index in [0.29, 0.717) is 15.9 Å². The average Bonchev–Trinajstić information content (AvgIpc) is 2.21. The van der Waals surface area contributed by atoms with Gasteiger partial charge in [0.25, 0.3) is 0 Å². The van der Waals surface area contributed by atoms with Gasteiger partial charge in [0.2, 0.25) is 0 Å². The number of fused-ring (bicyclic) bond motifs is 1. The minimum Gasteiger partial charge on any atom is -0.251 e. The molecule has 0 fully saturated rings. The molecule has 1 aromatic carbocycles. The van der Waals surface area contributed by atoms with Gasteiger partial charge in [-0.1, -0.05) is 23.2 Å². The Morgan fingerprint density at radius 3 is 2.47 bits per heavy atom. The molecule has 0 unspecified atom stereocenters. The molecule has 0 aliphatic rings. The molecule has 15 heavy (non-hydrogen) atoms. The van der Waals surface area contributed by atoms with Crippen molar-refractivity contribution in [3.63, 3.8) is 0 Å². The molecule has 0 saturated heterocycles.